The highest BCUT2D eigenvalue weighted by atomic mass is 32.1. The lowest BCUT2D eigenvalue weighted by Gasteiger charge is -2.03. The lowest BCUT2D eigenvalue weighted by atomic mass is 10.3. The van der Waals surface area contributed by atoms with Gasteiger partial charge in [0.2, 0.25) is 5.91 Å². The maximum atomic E-state index is 12.9. The predicted molar refractivity (Wildman–Crippen MR) is 72.5 cm³/mol. The number of hydrogen-bond donors (Lipinski definition) is 3. The van der Waals surface area contributed by atoms with Gasteiger partial charge in [-0.25, -0.2) is 14.2 Å². The van der Waals surface area contributed by atoms with E-state index in [2.05, 4.69) is 15.6 Å². The Kier molecular flexibility index (Phi) is 4.26. The Labute approximate surface area is 117 Å². The average Bonchev–Trinajstić information content (AvgIpc) is 2.75. The minimum atomic E-state index is -1.21. The Balaban J connectivity index is 1.94. The fraction of sp³-hybridized carbons (Fsp3) is 0.0833. The van der Waals surface area contributed by atoms with Crippen molar-refractivity contribution in [3.8, 4) is 0 Å². The summed E-state index contributed by atoms with van der Waals surface area (Å²) >= 11 is 1.07. The summed E-state index contributed by atoms with van der Waals surface area (Å²) < 4.78 is 12.9. The summed E-state index contributed by atoms with van der Waals surface area (Å²) in [7, 11) is 0. The van der Waals surface area contributed by atoms with Crippen molar-refractivity contribution in [3.63, 3.8) is 0 Å². The molecule has 104 valence electrons. The maximum absolute atomic E-state index is 12.9. The number of carbonyl (C=O) groups is 2. The van der Waals surface area contributed by atoms with Gasteiger partial charge in [-0.3, -0.25) is 10.1 Å². The van der Waals surface area contributed by atoms with Crippen LogP contribution in [0.25, 0.3) is 0 Å². The molecule has 0 fully saturated rings. The largest absolute Gasteiger partial charge is 0.465 e. The summed E-state index contributed by atoms with van der Waals surface area (Å²) in [6, 6.07) is 5.56. The molecule has 2 aromatic rings. The highest BCUT2D eigenvalue weighted by molar-refractivity contribution is 7.15. The molecule has 0 unspecified atom stereocenters. The Morgan fingerprint density at radius 1 is 1.35 bits per heavy atom. The third-order valence-corrected chi connectivity index (χ3v) is 3.12. The van der Waals surface area contributed by atoms with Crippen molar-refractivity contribution in [2.75, 3.05) is 10.6 Å². The SMILES string of the molecule is O=C(O)Nc1ncc(CC(=O)Nc2cccc(F)c2)s1. The molecule has 0 spiro atoms. The van der Waals surface area contributed by atoms with Crippen molar-refractivity contribution >= 4 is 34.2 Å². The van der Waals surface area contributed by atoms with Gasteiger partial charge in [-0.15, -0.1) is 11.3 Å². The number of rotatable bonds is 4. The standard InChI is InChI=1S/C12H10FN3O3S/c13-7-2-1-3-8(4-7)15-10(17)5-9-6-14-11(20-9)16-12(18)19/h1-4,6H,5H2,(H,14,16)(H,15,17)(H,18,19). The number of thiazole rings is 1. The molecule has 0 aliphatic carbocycles. The molecule has 0 aliphatic rings. The van der Waals surface area contributed by atoms with Gasteiger partial charge in [0.25, 0.3) is 0 Å². The molecule has 0 atom stereocenters. The van der Waals surface area contributed by atoms with E-state index < -0.39 is 11.9 Å². The van der Waals surface area contributed by atoms with E-state index in [4.69, 9.17) is 5.11 Å². The Morgan fingerprint density at radius 2 is 2.15 bits per heavy atom. The number of hydrogen-bond acceptors (Lipinski definition) is 4. The van der Waals surface area contributed by atoms with Crippen LogP contribution in [0.15, 0.2) is 30.5 Å². The van der Waals surface area contributed by atoms with E-state index in [1.807, 2.05) is 0 Å². The van der Waals surface area contributed by atoms with Gasteiger partial charge in [0.15, 0.2) is 5.13 Å². The molecule has 6 nitrogen and oxygen atoms in total. The van der Waals surface area contributed by atoms with Gasteiger partial charge >= 0.3 is 6.09 Å². The molecule has 8 heteroatoms. The summed E-state index contributed by atoms with van der Waals surface area (Å²) in [6.07, 6.45) is 0.242. The van der Waals surface area contributed by atoms with Gasteiger partial charge in [-0.1, -0.05) is 6.07 Å². The number of benzene rings is 1. The second-order valence-electron chi connectivity index (χ2n) is 3.80. The summed E-state index contributed by atoms with van der Waals surface area (Å²) in [4.78, 5) is 26.6. The summed E-state index contributed by atoms with van der Waals surface area (Å²) in [5, 5.41) is 13.4. The molecule has 1 aromatic heterocycles. The first-order valence-corrected chi connectivity index (χ1v) is 6.34. The number of anilines is 2. The van der Waals surface area contributed by atoms with E-state index in [0.29, 0.717) is 10.6 Å². The monoisotopic (exact) mass is 295 g/mol. The van der Waals surface area contributed by atoms with Crippen LogP contribution >= 0.6 is 11.3 Å². The van der Waals surface area contributed by atoms with Crippen LogP contribution in [0, 0.1) is 5.82 Å². The molecule has 0 bridgehead atoms. The molecule has 2 amide bonds. The number of halogens is 1. The lowest BCUT2D eigenvalue weighted by Crippen LogP contribution is -2.13. The van der Waals surface area contributed by atoms with Crippen LogP contribution in [0.4, 0.5) is 20.0 Å². The predicted octanol–water partition coefficient (Wildman–Crippen LogP) is 2.55. The van der Waals surface area contributed by atoms with Crippen LogP contribution in [0.1, 0.15) is 4.88 Å². The van der Waals surface area contributed by atoms with E-state index in [9.17, 15) is 14.0 Å². The van der Waals surface area contributed by atoms with E-state index in [-0.39, 0.29) is 17.5 Å². The van der Waals surface area contributed by atoms with Crippen molar-refractivity contribution in [1.29, 1.82) is 0 Å². The zero-order valence-electron chi connectivity index (χ0n) is 10.1. The van der Waals surface area contributed by atoms with Crippen molar-refractivity contribution < 1.29 is 19.1 Å². The molecule has 0 saturated carbocycles. The first kappa shape index (κ1) is 13.9. The molecular formula is C12H10FN3O3S. The summed E-state index contributed by atoms with van der Waals surface area (Å²) in [5.74, 6) is -0.769. The molecular weight excluding hydrogens is 285 g/mol. The van der Waals surface area contributed by atoms with Gasteiger partial charge in [0.1, 0.15) is 5.82 Å². The normalized spacial score (nSPS) is 10.1. The van der Waals surface area contributed by atoms with Crippen molar-refractivity contribution in [1.82, 2.24) is 4.98 Å². The highest BCUT2D eigenvalue weighted by Crippen LogP contribution is 2.19. The van der Waals surface area contributed by atoms with E-state index in [1.54, 1.807) is 6.07 Å². The Morgan fingerprint density at radius 3 is 2.85 bits per heavy atom. The van der Waals surface area contributed by atoms with Crippen LogP contribution < -0.4 is 10.6 Å². The fourth-order valence-electron chi connectivity index (χ4n) is 1.47. The Bertz CT molecular complexity index is 644. The Hall–Kier alpha value is -2.48. The first-order valence-electron chi connectivity index (χ1n) is 5.53. The molecule has 1 aromatic carbocycles. The first-order chi connectivity index (χ1) is 9.52. The quantitative estimate of drug-likeness (QED) is 0.808. The zero-order valence-corrected chi connectivity index (χ0v) is 10.9. The van der Waals surface area contributed by atoms with Gasteiger partial charge in [-0.2, -0.15) is 0 Å². The highest BCUT2D eigenvalue weighted by Gasteiger charge is 2.09. The number of nitrogens with one attached hydrogen (secondary N) is 2. The van der Waals surface area contributed by atoms with Crippen LogP contribution in [-0.4, -0.2) is 22.1 Å². The zero-order chi connectivity index (χ0) is 14.5. The molecule has 2 rings (SSSR count). The second-order valence-corrected chi connectivity index (χ2v) is 4.91. The summed E-state index contributed by atoms with van der Waals surface area (Å²) in [5.41, 5.74) is 0.364. The lowest BCUT2D eigenvalue weighted by molar-refractivity contribution is -0.115. The van der Waals surface area contributed by atoms with Gasteiger partial charge < -0.3 is 10.4 Å². The molecule has 0 aliphatic heterocycles. The summed E-state index contributed by atoms with van der Waals surface area (Å²) in [6.45, 7) is 0. The minimum absolute atomic E-state index is 0.0372. The van der Waals surface area contributed by atoms with Crippen molar-refractivity contribution in [2.45, 2.75) is 6.42 Å². The smallest absolute Gasteiger partial charge is 0.410 e. The molecule has 3 N–H and O–H groups in total. The fourth-order valence-corrected chi connectivity index (χ4v) is 2.27. The molecule has 20 heavy (non-hydrogen) atoms. The number of nitrogens with zero attached hydrogens (tertiary/aromatic N) is 1. The number of amides is 2. The van der Waals surface area contributed by atoms with E-state index >= 15 is 0 Å². The third kappa shape index (κ3) is 4.02. The average molecular weight is 295 g/mol. The van der Waals surface area contributed by atoms with Gasteiger partial charge in [0, 0.05) is 16.8 Å². The molecule has 0 saturated heterocycles. The van der Waals surface area contributed by atoms with Crippen LogP contribution in [0.3, 0.4) is 0 Å². The topological polar surface area (TPSA) is 91.3 Å². The van der Waals surface area contributed by atoms with Crippen molar-refractivity contribution in [2.24, 2.45) is 0 Å². The van der Waals surface area contributed by atoms with Crippen LogP contribution in [0.2, 0.25) is 0 Å². The van der Waals surface area contributed by atoms with E-state index in [0.717, 1.165) is 11.3 Å². The van der Waals surface area contributed by atoms with Crippen molar-refractivity contribution in [3.05, 3.63) is 41.2 Å². The van der Waals surface area contributed by atoms with E-state index in [1.165, 1.54) is 24.4 Å². The number of aromatic nitrogens is 1. The van der Waals surface area contributed by atoms with Gasteiger partial charge in [0.05, 0.1) is 6.42 Å². The maximum Gasteiger partial charge on any atom is 0.410 e. The minimum Gasteiger partial charge on any atom is -0.465 e. The third-order valence-electron chi connectivity index (χ3n) is 2.21. The molecule has 1 heterocycles. The van der Waals surface area contributed by atoms with Gasteiger partial charge in [-0.05, 0) is 18.2 Å². The number of carboxylic acid groups (broad SMARTS) is 1. The molecule has 0 radical (unpaired) electrons. The van der Waals surface area contributed by atoms with Crippen LogP contribution in [-0.2, 0) is 11.2 Å². The second kappa shape index (κ2) is 6.11. The van der Waals surface area contributed by atoms with Crippen LogP contribution in [0.5, 0.6) is 0 Å². The number of carbonyl (C=O) groups excluding carboxylic acids is 1.